The summed E-state index contributed by atoms with van der Waals surface area (Å²) in [6.07, 6.45) is -6.61. The molecule has 6 fully saturated rings. The van der Waals surface area contributed by atoms with Crippen molar-refractivity contribution < 1.29 is 73.8 Å². The molecule has 0 aromatic heterocycles. The summed E-state index contributed by atoms with van der Waals surface area (Å²) in [7, 11) is 0. The molecule has 15 heteroatoms. The molecule has 15 nitrogen and oxygen atoms in total. The molecule has 7 N–H and O–H groups in total. The number of carbonyl (C=O) groups excluding carboxylic acids is 2. The van der Waals surface area contributed by atoms with Gasteiger partial charge in [-0.2, -0.15) is 0 Å². The van der Waals surface area contributed by atoms with Gasteiger partial charge in [0.25, 0.3) is 0 Å². The average molecular weight is 713 g/mol. The normalized spacial score (nSPS) is 48.6. The maximum Gasteiger partial charge on any atom is 0.317 e. The summed E-state index contributed by atoms with van der Waals surface area (Å²) >= 11 is 0. The molecule has 2 aliphatic heterocycles. The lowest BCUT2D eigenvalue weighted by Crippen LogP contribution is -2.62. The summed E-state index contributed by atoms with van der Waals surface area (Å²) in [6, 6.07) is 0. The zero-order valence-electron chi connectivity index (χ0n) is 28.6. The van der Waals surface area contributed by atoms with Crippen LogP contribution in [0, 0.1) is 28.1 Å². The first kappa shape index (κ1) is 37.5. The van der Waals surface area contributed by atoms with Gasteiger partial charge in [0, 0.05) is 6.42 Å². The third-order valence-electron chi connectivity index (χ3n) is 13.3. The van der Waals surface area contributed by atoms with Crippen LogP contribution in [0.25, 0.3) is 0 Å². The number of carboxylic acid groups (broad SMARTS) is 1. The van der Waals surface area contributed by atoms with E-state index in [1.165, 1.54) is 0 Å². The number of ether oxygens (including phenoxy) is 5. The molecule has 0 unspecified atom stereocenters. The highest BCUT2D eigenvalue weighted by Crippen LogP contribution is 2.73. The van der Waals surface area contributed by atoms with Crippen molar-refractivity contribution in [3.05, 3.63) is 12.2 Å². The molecule has 4 saturated carbocycles. The van der Waals surface area contributed by atoms with Gasteiger partial charge in [0.1, 0.15) is 49.7 Å². The van der Waals surface area contributed by atoms with E-state index in [0.29, 0.717) is 25.7 Å². The molecule has 0 aromatic carbocycles. The van der Waals surface area contributed by atoms with Crippen molar-refractivity contribution >= 4 is 17.9 Å². The fourth-order valence-corrected chi connectivity index (χ4v) is 10.9. The van der Waals surface area contributed by atoms with Crippen LogP contribution in [0.4, 0.5) is 0 Å². The van der Waals surface area contributed by atoms with Gasteiger partial charge < -0.3 is 59.4 Å². The Labute approximate surface area is 290 Å². The topological polar surface area (TPSA) is 239 Å². The summed E-state index contributed by atoms with van der Waals surface area (Å²) in [5, 5.41) is 70.8. The summed E-state index contributed by atoms with van der Waals surface area (Å²) in [4.78, 5) is 36.7. The highest BCUT2D eigenvalue weighted by molar-refractivity contribution is 5.90. The van der Waals surface area contributed by atoms with Gasteiger partial charge in [-0.1, -0.05) is 19.9 Å². The number of hydrogen-bond donors (Lipinski definition) is 7. The molecule has 6 rings (SSSR count). The second-order valence-corrected chi connectivity index (χ2v) is 16.1. The third-order valence-corrected chi connectivity index (χ3v) is 13.3. The highest BCUT2D eigenvalue weighted by atomic mass is 16.7. The Kier molecular flexibility index (Phi) is 10.2. The van der Waals surface area contributed by atoms with E-state index in [1.807, 2.05) is 6.92 Å². The number of fused-ring (bicyclic) bond motifs is 3. The van der Waals surface area contributed by atoms with Gasteiger partial charge in [-0.05, 0) is 86.5 Å². The van der Waals surface area contributed by atoms with Crippen molar-refractivity contribution in [2.75, 3.05) is 13.2 Å². The Bertz CT molecular complexity index is 1340. The van der Waals surface area contributed by atoms with Crippen LogP contribution in [0.15, 0.2) is 12.2 Å². The van der Waals surface area contributed by atoms with E-state index in [9.17, 15) is 45.0 Å². The van der Waals surface area contributed by atoms with Crippen molar-refractivity contribution in [2.45, 2.75) is 145 Å². The van der Waals surface area contributed by atoms with Crippen LogP contribution in [0.5, 0.6) is 0 Å². The minimum Gasteiger partial charge on any atom is -0.481 e. The number of aliphatic hydroxyl groups is 6. The predicted molar refractivity (Wildman–Crippen MR) is 168 cm³/mol. The quantitative estimate of drug-likeness (QED) is 0.0736. The van der Waals surface area contributed by atoms with E-state index in [4.69, 9.17) is 28.8 Å². The number of rotatable bonds is 9. The number of esters is 2. The Balaban J connectivity index is 1.15. The minimum absolute atomic E-state index is 0.0357. The van der Waals surface area contributed by atoms with Crippen LogP contribution in [-0.4, -0.2) is 128 Å². The summed E-state index contributed by atoms with van der Waals surface area (Å²) in [5.74, 6) is -2.69. The van der Waals surface area contributed by atoms with Crippen LogP contribution in [-0.2, 0) is 38.1 Å². The Hall–Kier alpha value is -2.21. The second-order valence-electron chi connectivity index (χ2n) is 16.1. The van der Waals surface area contributed by atoms with Crippen LogP contribution in [0.2, 0.25) is 0 Å². The van der Waals surface area contributed by atoms with E-state index in [1.54, 1.807) is 0 Å². The summed E-state index contributed by atoms with van der Waals surface area (Å²) in [6.45, 7) is 7.54. The number of carbonyl (C=O) groups is 3. The molecule has 1 spiro atoms. The number of hydrogen-bond acceptors (Lipinski definition) is 14. The van der Waals surface area contributed by atoms with E-state index in [2.05, 4.69) is 13.5 Å². The molecular formula is C35H52O15. The van der Waals surface area contributed by atoms with Gasteiger partial charge in [-0.15, -0.1) is 0 Å². The molecule has 0 aromatic rings. The second kappa shape index (κ2) is 13.6. The zero-order chi connectivity index (χ0) is 36.4. The number of aliphatic hydroxyl groups excluding tert-OH is 6. The van der Waals surface area contributed by atoms with Crippen LogP contribution >= 0.6 is 0 Å². The molecule has 50 heavy (non-hydrogen) atoms. The Morgan fingerprint density at radius 2 is 1.62 bits per heavy atom. The maximum absolute atomic E-state index is 14.1. The van der Waals surface area contributed by atoms with Gasteiger partial charge in [-0.25, -0.2) is 0 Å². The van der Waals surface area contributed by atoms with Gasteiger partial charge in [-0.3, -0.25) is 14.4 Å². The molecule has 0 radical (unpaired) electrons. The molecule has 6 aliphatic rings. The average Bonchev–Trinajstić information content (AvgIpc) is 3.25. The van der Waals surface area contributed by atoms with Crippen molar-refractivity contribution in [3.8, 4) is 0 Å². The maximum atomic E-state index is 14.1. The summed E-state index contributed by atoms with van der Waals surface area (Å²) < 4.78 is 28.8. The number of aliphatic carboxylic acids is 1. The van der Waals surface area contributed by atoms with Crippen LogP contribution < -0.4 is 0 Å². The Morgan fingerprint density at radius 1 is 0.900 bits per heavy atom. The molecule has 0 amide bonds. The van der Waals surface area contributed by atoms with E-state index in [0.717, 1.165) is 37.7 Å². The molecule has 4 aliphatic carbocycles. The third kappa shape index (κ3) is 6.30. The number of carboxylic acids is 1. The SMILES string of the molecule is C=C1C[C@@]23CC[C@H]4[C@@](C)(CCC[C@@]4(C)C(=O)O[C@H]4C[C@@H](O)[C@H](O)[C@@H](COC(=O)CC(=O)O)O4)[C@@H]2CC[C@@]1(O[C@@H]1O[C@H](CO)[C@@H](O)[C@H](O)[C@H]1O)C3. The smallest absolute Gasteiger partial charge is 0.317 e. The Morgan fingerprint density at radius 3 is 2.32 bits per heavy atom. The highest BCUT2D eigenvalue weighted by Gasteiger charge is 2.69. The van der Waals surface area contributed by atoms with Crippen molar-refractivity contribution in [2.24, 2.45) is 28.1 Å². The lowest BCUT2D eigenvalue weighted by atomic mass is 9.41. The van der Waals surface area contributed by atoms with Gasteiger partial charge in [0.2, 0.25) is 6.29 Å². The van der Waals surface area contributed by atoms with E-state index in [-0.39, 0.29) is 29.1 Å². The molecule has 15 atom stereocenters. The largest absolute Gasteiger partial charge is 0.481 e. The monoisotopic (exact) mass is 712 g/mol. The van der Waals surface area contributed by atoms with Gasteiger partial charge >= 0.3 is 17.9 Å². The molecular weight excluding hydrogens is 660 g/mol. The lowest BCUT2D eigenvalue weighted by molar-refractivity contribution is -0.327. The van der Waals surface area contributed by atoms with E-state index < -0.39 is 104 Å². The van der Waals surface area contributed by atoms with Gasteiger partial charge in [0.15, 0.2) is 6.29 Å². The predicted octanol–water partition coefficient (Wildman–Crippen LogP) is 0.293. The first-order valence-corrected chi connectivity index (χ1v) is 17.8. The zero-order valence-corrected chi connectivity index (χ0v) is 28.6. The van der Waals surface area contributed by atoms with Crippen molar-refractivity contribution in [1.29, 1.82) is 0 Å². The van der Waals surface area contributed by atoms with Crippen LogP contribution in [0.1, 0.15) is 84.5 Å². The molecule has 282 valence electrons. The van der Waals surface area contributed by atoms with Crippen molar-refractivity contribution in [1.82, 2.24) is 0 Å². The fraction of sp³-hybridized carbons (Fsp3) is 0.857. The molecule has 2 saturated heterocycles. The van der Waals surface area contributed by atoms with Gasteiger partial charge in [0.05, 0.1) is 23.7 Å². The first-order chi connectivity index (χ1) is 23.5. The first-order valence-electron chi connectivity index (χ1n) is 17.8. The molecule has 2 heterocycles. The standard InChI is InChI=1S/C35H52O15/c1-17-13-34-9-5-21-32(2,22(34)6-10-35(17,16-34)50-30-29(44)28(43)27(42)19(14-36)48-30)7-4-8-33(21,3)31(45)49-25-11-18(37)26(41)20(47-25)15-46-24(40)12-23(38)39/h18-22,25-30,36-37,41-44H,1,4-16H2,2-3H3,(H,38,39)/t18-,19-,20-,21+,22+,25+,26+,27-,28+,29-,30+,32-,33-,34-,35-/m1/s1. The van der Waals surface area contributed by atoms with E-state index >= 15 is 0 Å². The minimum atomic E-state index is -1.55. The van der Waals surface area contributed by atoms with Crippen molar-refractivity contribution in [3.63, 3.8) is 0 Å². The summed E-state index contributed by atoms with van der Waals surface area (Å²) in [5.41, 5.74) is -1.22. The molecule has 2 bridgehead atoms. The van der Waals surface area contributed by atoms with Crippen LogP contribution in [0.3, 0.4) is 0 Å². The lowest BCUT2D eigenvalue weighted by Gasteiger charge is -2.64. The fourth-order valence-electron chi connectivity index (χ4n) is 10.9.